The molecule has 18 heavy (non-hydrogen) atoms. The first-order valence-corrected chi connectivity index (χ1v) is 7.31. The lowest BCUT2D eigenvalue weighted by Crippen LogP contribution is -2.17. The van der Waals surface area contributed by atoms with Gasteiger partial charge in [0.25, 0.3) is 0 Å². The standard InChI is InChI=1S/C14H29NO3/c1-16-12-13-18-11-5-10-17-9-4-2-3-8-15-14-6-7-14/h14-15H,2-13H2,1H3. The Kier molecular flexibility index (Phi) is 10.5. The van der Waals surface area contributed by atoms with Crippen molar-refractivity contribution >= 4 is 0 Å². The summed E-state index contributed by atoms with van der Waals surface area (Å²) in [4.78, 5) is 0. The van der Waals surface area contributed by atoms with Gasteiger partial charge in [-0.3, -0.25) is 0 Å². The average molecular weight is 259 g/mol. The van der Waals surface area contributed by atoms with Crippen LogP contribution >= 0.6 is 0 Å². The zero-order valence-corrected chi connectivity index (χ0v) is 11.8. The second-order valence-corrected chi connectivity index (χ2v) is 4.86. The molecule has 1 saturated carbocycles. The van der Waals surface area contributed by atoms with E-state index in [1.807, 2.05) is 0 Å². The Balaban J connectivity index is 1.60. The minimum atomic E-state index is 0.676. The van der Waals surface area contributed by atoms with Crippen LogP contribution in [0.4, 0.5) is 0 Å². The molecule has 0 aromatic rings. The van der Waals surface area contributed by atoms with Crippen molar-refractivity contribution in [1.82, 2.24) is 5.32 Å². The number of hydrogen-bond acceptors (Lipinski definition) is 4. The van der Waals surface area contributed by atoms with E-state index in [1.54, 1.807) is 7.11 Å². The number of nitrogens with one attached hydrogen (secondary N) is 1. The molecule has 1 aliphatic rings. The fourth-order valence-electron chi connectivity index (χ4n) is 1.71. The molecule has 0 aromatic heterocycles. The minimum Gasteiger partial charge on any atom is -0.382 e. The lowest BCUT2D eigenvalue weighted by atomic mass is 10.2. The molecule has 1 rings (SSSR count). The highest BCUT2D eigenvalue weighted by molar-refractivity contribution is 4.80. The number of hydrogen-bond donors (Lipinski definition) is 1. The topological polar surface area (TPSA) is 39.7 Å². The summed E-state index contributed by atoms with van der Waals surface area (Å²) in [7, 11) is 1.69. The summed E-state index contributed by atoms with van der Waals surface area (Å²) < 4.78 is 15.8. The first kappa shape index (κ1) is 15.9. The van der Waals surface area contributed by atoms with Crippen molar-refractivity contribution in [2.24, 2.45) is 0 Å². The Labute approximate surface area is 111 Å². The third-order valence-corrected chi connectivity index (χ3v) is 2.98. The average Bonchev–Trinajstić information content (AvgIpc) is 3.19. The molecule has 108 valence electrons. The Morgan fingerprint density at radius 1 is 0.833 bits per heavy atom. The molecule has 0 bridgehead atoms. The molecule has 0 heterocycles. The summed E-state index contributed by atoms with van der Waals surface area (Å²) >= 11 is 0. The second kappa shape index (κ2) is 11.9. The highest BCUT2D eigenvalue weighted by Gasteiger charge is 2.19. The number of methoxy groups -OCH3 is 1. The molecule has 1 N–H and O–H groups in total. The monoisotopic (exact) mass is 259 g/mol. The molecule has 0 atom stereocenters. The van der Waals surface area contributed by atoms with Crippen molar-refractivity contribution in [3.05, 3.63) is 0 Å². The number of unbranched alkanes of at least 4 members (excludes halogenated alkanes) is 2. The van der Waals surface area contributed by atoms with Crippen molar-refractivity contribution in [1.29, 1.82) is 0 Å². The van der Waals surface area contributed by atoms with E-state index < -0.39 is 0 Å². The Bertz CT molecular complexity index is 174. The van der Waals surface area contributed by atoms with Gasteiger partial charge in [0.15, 0.2) is 0 Å². The summed E-state index contributed by atoms with van der Waals surface area (Å²) in [6, 6.07) is 0.847. The molecule has 0 saturated heterocycles. The summed E-state index contributed by atoms with van der Waals surface area (Å²) in [6.07, 6.45) is 7.47. The fraction of sp³-hybridized carbons (Fsp3) is 1.00. The van der Waals surface area contributed by atoms with Crippen LogP contribution in [0.5, 0.6) is 0 Å². The molecule has 0 radical (unpaired) electrons. The van der Waals surface area contributed by atoms with Crippen LogP contribution in [0.25, 0.3) is 0 Å². The molecule has 4 heteroatoms. The van der Waals surface area contributed by atoms with Crippen molar-refractivity contribution in [2.75, 3.05) is 46.7 Å². The van der Waals surface area contributed by atoms with E-state index in [1.165, 1.54) is 38.6 Å². The molecule has 0 spiro atoms. The van der Waals surface area contributed by atoms with Crippen molar-refractivity contribution in [3.63, 3.8) is 0 Å². The van der Waals surface area contributed by atoms with E-state index in [0.717, 1.165) is 32.3 Å². The van der Waals surface area contributed by atoms with Crippen LogP contribution in [0.2, 0.25) is 0 Å². The van der Waals surface area contributed by atoms with Gasteiger partial charge >= 0.3 is 0 Å². The third-order valence-electron chi connectivity index (χ3n) is 2.98. The van der Waals surface area contributed by atoms with Crippen LogP contribution in [0, 0.1) is 0 Å². The van der Waals surface area contributed by atoms with E-state index in [-0.39, 0.29) is 0 Å². The van der Waals surface area contributed by atoms with Crippen LogP contribution in [-0.4, -0.2) is 52.7 Å². The van der Waals surface area contributed by atoms with Crippen LogP contribution in [0.3, 0.4) is 0 Å². The van der Waals surface area contributed by atoms with Crippen molar-refractivity contribution in [3.8, 4) is 0 Å². The maximum absolute atomic E-state index is 5.55. The molecule has 1 aliphatic carbocycles. The normalized spacial score (nSPS) is 15.2. The van der Waals surface area contributed by atoms with E-state index in [4.69, 9.17) is 14.2 Å². The lowest BCUT2D eigenvalue weighted by molar-refractivity contribution is 0.0508. The first-order chi connectivity index (χ1) is 8.93. The molecule has 4 nitrogen and oxygen atoms in total. The fourth-order valence-corrected chi connectivity index (χ4v) is 1.71. The van der Waals surface area contributed by atoms with Crippen molar-refractivity contribution < 1.29 is 14.2 Å². The van der Waals surface area contributed by atoms with E-state index in [2.05, 4.69) is 5.32 Å². The van der Waals surface area contributed by atoms with Gasteiger partial charge in [-0.05, 0) is 45.1 Å². The van der Waals surface area contributed by atoms with Crippen molar-refractivity contribution in [2.45, 2.75) is 44.6 Å². The maximum Gasteiger partial charge on any atom is 0.0700 e. The zero-order valence-electron chi connectivity index (χ0n) is 11.8. The van der Waals surface area contributed by atoms with Gasteiger partial charge in [0.05, 0.1) is 13.2 Å². The van der Waals surface area contributed by atoms with E-state index in [0.29, 0.717) is 13.2 Å². The molecule has 0 aromatic carbocycles. The molecule has 0 aliphatic heterocycles. The van der Waals surface area contributed by atoms with Crippen LogP contribution in [0.15, 0.2) is 0 Å². The minimum absolute atomic E-state index is 0.676. The van der Waals surface area contributed by atoms with Gasteiger partial charge in [0, 0.05) is 33.0 Å². The SMILES string of the molecule is COCCOCCCOCCCCCNC1CC1. The van der Waals surface area contributed by atoms with Crippen LogP contribution < -0.4 is 5.32 Å². The predicted octanol–water partition coefficient (Wildman–Crippen LogP) is 1.98. The summed E-state index contributed by atoms with van der Waals surface area (Å²) in [5.41, 5.74) is 0. The Morgan fingerprint density at radius 3 is 2.28 bits per heavy atom. The van der Waals surface area contributed by atoms with Crippen LogP contribution in [0.1, 0.15) is 38.5 Å². The molecule has 1 fully saturated rings. The largest absolute Gasteiger partial charge is 0.382 e. The first-order valence-electron chi connectivity index (χ1n) is 7.31. The third kappa shape index (κ3) is 11.0. The van der Waals surface area contributed by atoms with E-state index >= 15 is 0 Å². The van der Waals surface area contributed by atoms with Gasteiger partial charge in [0.2, 0.25) is 0 Å². The van der Waals surface area contributed by atoms with Gasteiger partial charge < -0.3 is 19.5 Å². The predicted molar refractivity (Wildman–Crippen MR) is 73.0 cm³/mol. The number of rotatable bonds is 14. The summed E-state index contributed by atoms with van der Waals surface area (Å²) in [5, 5.41) is 3.52. The highest BCUT2D eigenvalue weighted by Crippen LogP contribution is 2.18. The van der Waals surface area contributed by atoms with E-state index in [9.17, 15) is 0 Å². The summed E-state index contributed by atoms with van der Waals surface area (Å²) in [5.74, 6) is 0. The van der Waals surface area contributed by atoms with Gasteiger partial charge in [0.1, 0.15) is 0 Å². The highest BCUT2D eigenvalue weighted by atomic mass is 16.5. The lowest BCUT2D eigenvalue weighted by Gasteiger charge is -2.06. The molecular weight excluding hydrogens is 230 g/mol. The molecule has 0 unspecified atom stereocenters. The second-order valence-electron chi connectivity index (χ2n) is 4.86. The zero-order chi connectivity index (χ0) is 12.9. The smallest absolute Gasteiger partial charge is 0.0700 e. The summed E-state index contributed by atoms with van der Waals surface area (Å²) in [6.45, 7) is 5.02. The molecule has 0 amide bonds. The Hall–Kier alpha value is -0.160. The maximum atomic E-state index is 5.55. The van der Waals surface area contributed by atoms with Crippen LogP contribution in [-0.2, 0) is 14.2 Å². The quantitative estimate of drug-likeness (QED) is 0.484. The van der Waals surface area contributed by atoms with Gasteiger partial charge in [-0.1, -0.05) is 0 Å². The number of ether oxygens (including phenoxy) is 3. The van der Waals surface area contributed by atoms with Gasteiger partial charge in [-0.2, -0.15) is 0 Å². The van der Waals surface area contributed by atoms with Gasteiger partial charge in [-0.15, -0.1) is 0 Å². The Morgan fingerprint density at radius 2 is 1.56 bits per heavy atom. The molecular formula is C14H29NO3. The van der Waals surface area contributed by atoms with Gasteiger partial charge in [-0.25, -0.2) is 0 Å².